The van der Waals surface area contributed by atoms with E-state index in [-0.39, 0.29) is 0 Å². The van der Waals surface area contributed by atoms with Crippen molar-refractivity contribution >= 4 is 5.71 Å². The first-order valence-corrected chi connectivity index (χ1v) is 7.95. The highest BCUT2D eigenvalue weighted by Gasteiger charge is 2.32. The molecule has 1 aromatic rings. The zero-order valence-corrected chi connectivity index (χ0v) is 12.4. The van der Waals surface area contributed by atoms with Crippen LogP contribution in [0.15, 0.2) is 35.5 Å². The lowest BCUT2D eigenvalue weighted by Gasteiger charge is -2.41. The molecule has 0 bridgehead atoms. The Morgan fingerprint density at radius 3 is 2.38 bits per heavy atom. The Balaban J connectivity index is 1.79. The van der Waals surface area contributed by atoms with Crippen molar-refractivity contribution in [3.05, 3.63) is 35.9 Å². The van der Waals surface area contributed by atoms with Gasteiger partial charge < -0.3 is 9.94 Å². The number of morpholine rings is 1. The number of hydrogen-bond acceptors (Lipinski definition) is 4. The molecular formula is C17H24N2O2. The molecule has 1 unspecified atom stereocenters. The van der Waals surface area contributed by atoms with Gasteiger partial charge in [0, 0.05) is 19.1 Å². The molecule has 0 spiro atoms. The van der Waals surface area contributed by atoms with E-state index in [0.717, 1.165) is 57.7 Å². The Kier molecular flexibility index (Phi) is 4.88. The molecule has 4 nitrogen and oxygen atoms in total. The summed E-state index contributed by atoms with van der Waals surface area (Å²) in [7, 11) is 0. The van der Waals surface area contributed by atoms with Crippen molar-refractivity contribution in [3.63, 3.8) is 0 Å². The minimum absolute atomic E-state index is 0.468. The van der Waals surface area contributed by atoms with Crippen molar-refractivity contribution < 1.29 is 9.94 Å². The van der Waals surface area contributed by atoms with Gasteiger partial charge in [0.05, 0.1) is 18.9 Å². The SMILES string of the molecule is ON=C1CCC(C(c2ccccc2)N2CCOCC2)CC1. The minimum Gasteiger partial charge on any atom is -0.411 e. The van der Waals surface area contributed by atoms with Crippen molar-refractivity contribution in [2.45, 2.75) is 31.7 Å². The average Bonchev–Trinajstić information content (AvgIpc) is 2.58. The molecule has 2 fully saturated rings. The summed E-state index contributed by atoms with van der Waals surface area (Å²) in [6, 6.07) is 11.3. The Bertz CT molecular complexity index is 459. The smallest absolute Gasteiger partial charge is 0.0594 e. The predicted molar refractivity (Wildman–Crippen MR) is 82.8 cm³/mol. The van der Waals surface area contributed by atoms with Gasteiger partial charge in [0.1, 0.15) is 0 Å². The summed E-state index contributed by atoms with van der Waals surface area (Å²) < 4.78 is 5.51. The normalized spacial score (nSPS) is 25.5. The molecule has 1 aromatic carbocycles. The summed E-state index contributed by atoms with van der Waals surface area (Å²) >= 11 is 0. The third-order valence-electron chi connectivity index (χ3n) is 4.78. The molecule has 0 amide bonds. The largest absolute Gasteiger partial charge is 0.411 e. The van der Waals surface area contributed by atoms with Gasteiger partial charge >= 0.3 is 0 Å². The molecular weight excluding hydrogens is 264 g/mol. The lowest BCUT2D eigenvalue weighted by atomic mass is 9.79. The molecule has 0 radical (unpaired) electrons. The molecule has 114 valence electrons. The number of benzene rings is 1. The van der Waals surface area contributed by atoms with Crippen molar-refractivity contribution in [1.29, 1.82) is 0 Å². The van der Waals surface area contributed by atoms with Crippen LogP contribution in [-0.2, 0) is 4.74 Å². The van der Waals surface area contributed by atoms with E-state index in [1.807, 2.05) is 0 Å². The van der Waals surface area contributed by atoms with Gasteiger partial charge in [-0.15, -0.1) is 0 Å². The number of hydrogen-bond donors (Lipinski definition) is 1. The van der Waals surface area contributed by atoms with Gasteiger partial charge in [-0.2, -0.15) is 0 Å². The fourth-order valence-electron chi connectivity index (χ4n) is 3.68. The zero-order chi connectivity index (χ0) is 14.5. The summed E-state index contributed by atoms with van der Waals surface area (Å²) in [5.41, 5.74) is 2.37. The van der Waals surface area contributed by atoms with E-state index in [1.54, 1.807) is 0 Å². The second-order valence-corrected chi connectivity index (χ2v) is 6.01. The Labute approximate surface area is 126 Å². The van der Waals surface area contributed by atoms with Crippen LogP contribution in [0, 0.1) is 5.92 Å². The fourth-order valence-corrected chi connectivity index (χ4v) is 3.68. The Morgan fingerprint density at radius 1 is 1.10 bits per heavy atom. The summed E-state index contributed by atoms with van der Waals surface area (Å²) in [6.45, 7) is 3.69. The first-order chi connectivity index (χ1) is 10.4. The molecule has 1 saturated carbocycles. The molecule has 1 aliphatic heterocycles. The van der Waals surface area contributed by atoms with Crippen molar-refractivity contribution in [1.82, 2.24) is 4.90 Å². The molecule has 2 aliphatic rings. The number of nitrogens with zero attached hydrogens (tertiary/aromatic N) is 2. The van der Waals surface area contributed by atoms with E-state index in [2.05, 4.69) is 40.4 Å². The molecule has 1 heterocycles. The van der Waals surface area contributed by atoms with Crippen LogP contribution < -0.4 is 0 Å². The molecule has 3 rings (SSSR count). The Hall–Kier alpha value is -1.39. The van der Waals surface area contributed by atoms with Crippen LogP contribution in [-0.4, -0.2) is 42.1 Å². The van der Waals surface area contributed by atoms with E-state index in [9.17, 15) is 0 Å². The van der Waals surface area contributed by atoms with E-state index in [0.29, 0.717) is 12.0 Å². The van der Waals surface area contributed by atoms with E-state index in [1.165, 1.54) is 5.56 Å². The highest BCUT2D eigenvalue weighted by atomic mass is 16.5. The van der Waals surface area contributed by atoms with Crippen LogP contribution in [0.25, 0.3) is 0 Å². The number of rotatable bonds is 3. The number of ether oxygens (including phenoxy) is 1. The minimum atomic E-state index is 0.468. The predicted octanol–water partition coefficient (Wildman–Crippen LogP) is 3.08. The maximum Gasteiger partial charge on any atom is 0.0594 e. The quantitative estimate of drug-likeness (QED) is 0.686. The maximum absolute atomic E-state index is 8.94. The van der Waals surface area contributed by atoms with Crippen molar-refractivity contribution in [2.24, 2.45) is 11.1 Å². The molecule has 1 aliphatic carbocycles. The highest BCUT2D eigenvalue weighted by molar-refractivity contribution is 5.84. The molecule has 1 N–H and O–H groups in total. The van der Waals surface area contributed by atoms with Crippen LogP contribution in [0.1, 0.15) is 37.3 Å². The zero-order valence-electron chi connectivity index (χ0n) is 12.4. The second kappa shape index (κ2) is 7.05. The van der Waals surface area contributed by atoms with Crippen LogP contribution in [0.5, 0.6) is 0 Å². The monoisotopic (exact) mass is 288 g/mol. The molecule has 0 aromatic heterocycles. The maximum atomic E-state index is 8.94. The summed E-state index contributed by atoms with van der Waals surface area (Å²) in [5, 5.41) is 12.4. The third-order valence-corrected chi connectivity index (χ3v) is 4.78. The lowest BCUT2D eigenvalue weighted by molar-refractivity contribution is -0.000906. The third kappa shape index (κ3) is 3.44. The van der Waals surface area contributed by atoms with E-state index < -0.39 is 0 Å². The fraction of sp³-hybridized carbons (Fsp3) is 0.588. The van der Waals surface area contributed by atoms with E-state index >= 15 is 0 Å². The average molecular weight is 288 g/mol. The van der Waals surface area contributed by atoms with Gasteiger partial charge in [0.15, 0.2) is 0 Å². The highest BCUT2D eigenvalue weighted by Crippen LogP contribution is 2.38. The van der Waals surface area contributed by atoms with Gasteiger partial charge in [-0.3, -0.25) is 4.90 Å². The van der Waals surface area contributed by atoms with Crippen LogP contribution in [0.4, 0.5) is 0 Å². The summed E-state index contributed by atoms with van der Waals surface area (Å²) in [5.74, 6) is 0.635. The van der Waals surface area contributed by atoms with Crippen LogP contribution in [0.2, 0.25) is 0 Å². The summed E-state index contributed by atoms with van der Waals surface area (Å²) in [4.78, 5) is 2.57. The van der Waals surface area contributed by atoms with Gasteiger partial charge in [-0.1, -0.05) is 35.5 Å². The Morgan fingerprint density at radius 2 is 1.76 bits per heavy atom. The van der Waals surface area contributed by atoms with E-state index in [4.69, 9.17) is 9.94 Å². The summed E-state index contributed by atoms with van der Waals surface area (Å²) in [6.07, 6.45) is 4.07. The first kappa shape index (κ1) is 14.5. The van der Waals surface area contributed by atoms with Gasteiger partial charge in [0.2, 0.25) is 0 Å². The molecule has 1 saturated heterocycles. The first-order valence-electron chi connectivity index (χ1n) is 7.95. The van der Waals surface area contributed by atoms with Crippen molar-refractivity contribution in [2.75, 3.05) is 26.3 Å². The van der Waals surface area contributed by atoms with Gasteiger partial charge in [-0.05, 0) is 37.2 Å². The van der Waals surface area contributed by atoms with Crippen LogP contribution in [0.3, 0.4) is 0 Å². The van der Waals surface area contributed by atoms with Gasteiger partial charge in [-0.25, -0.2) is 0 Å². The molecule has 4 heteroatoms. The molecule has 21 heavy (non-hydrogen) atoms. The second-order valence-electron chi connectivity index (χ2n) is 6.01. The van der Waals surface area contributed by atoms with Crippen LogP contribution >= 0.6 is 0 Å². The number of oxime groups is 1. The topological polar surface area (TPSA) is 45.1 Å². The standard InChI is InChI=1S/C17H24N2O2/c20-18-16-8-6-15(7-9-16)17(14-4-2-1-3-5-14)19-10-12-21-13-11-19/h1-5,15,17,20H,6-13H2. The molecule has 1 atom stereocenters. The lowest BCUT2D eigenvalue weighted by Crippen LogP contribution is -2.42. The van der Waals surface area contributed by atoms with Gasteiger partial charge in [0.25, 0.3) is 0 Å². The van der Waals surface area contributed by atoms with Crippen molar-refractivity contribution in [3.8, 4) is 0 Å².